The smallest absolute Gasteiger partial charge is 0.255 e. The summed E-state index contributed by atoms with van der Waals surface area (Å²) < 4.78 is 6.46. The Morgan fingerprint density at radius 1 is 0.719 bits per heavy atom. The first-order valence-corrected chi connectivity index (χ1v) is 20.7. The highest BCUT2D eigenvalue weighted by Gasteiger charge is 2.42. The molecule has 57 heavy (non-hydrogen) atoms. The van der Waals surface area contributed by atoms with Crippen molar-refractivity contribution in [3.63, 3.8) is 0 Å². The van der Waals surface area contributed by atoms with Gasteiger partial charge in [0.05, 0.1) is 0 Å². The van der Waals surface area contributed by atoms with Gasteiger partial charge in [0.25, 0.3) is 5.91 Å². The number of nitrogens with one attached hydrogen (secondary N) is 1. The van der Waals surface area contributed by atoms with E-state index in [9.17, 15) is 24.3 Å². The number of ether oxygens (including phenoxy) is 1. The molecule has 4 aromatic carbocycles. The van der Waals surface area contributed by atoms with Gasteiger partial charge >= 0.3 is 0 Å². The summed E-state index contributed by atoms with van der Waals surface area (Å²) in [4.78, 5) is 57.2. The minimum absolute atomic E-state index is 0.0159. The molecule has 0 aromatic heterocycles. The van der Waals surface area contributed by atoms with Gasteiger partial charge < -0.3 is 19.6 Å². The number of hydrogen-bond donors (Lipinski definition) is 2. The molecule has 6 aliphatic rings. The quantitative estimate of drug-likeness (QED) is 0.216. The summed E-state index contributed by atoms with van der Waals surface area (Å²) in [5, 5.41) is 12.6. The van der Waals surface area contributed by atoms with E-state index in [4.69, 9.17) is 4.74 Å². The lowest BCUT2D eigenvalue weighted by molar-refractivity contribution is -0.138. The van der Waals surface area contributed by atoms with Crippen molar-refractivity contribution in [3.8, 4) is 11.5 Å². The SMILES string of the molecule is O=C1CCC(N2Cc3cc4c(cc3C2=O)CN(C(=O)C2CCC(N3CC(Oc5ccc([C@@H]6c7ccc(O)cc7CC[C@@H]6c6ccccc6)cc5)C3)CC2)C4)C(=O)N1. The van der Waals surface area contributed by atoms with E-state index < -0.39 is 11.9 Å². The third-order valence-electron chi connectivity index (χ3n) is 13.7. The van der Waals surface area contributed by atoms with Crippen LogP contribution in [0.2, 0.25) is 0 Å². The van der Waals surface area contributed by atoms with Crippen LogP contribution in [0.1, 0.15) is 106 Å². The van der Waals surface area contributed by atoms with Gasteiger partial charge in [-0.1, -0.05) is 54.6 Å². The third kappa shape index (κ3) is 6.67. The minimum atomic E-state index is -0.629. The van der Waals surface area contributed by atoms with Crippen molar-refractivity contribution < 1.29 is 29.0 Å². The Hall–Kier alpha value is -5.48. The zero-order valence-corrected chi connectivity index (χ0v) is 32.1. The number of nitrogens with zero attached hydrogens (tertiary/aromatic N) is 3. The Balaban J connectivity index is 0.709. The highest BCUT2D eigenvalue weighted by molar-refractivity contribution is 6.05. The Morgan fingerprint density at radius 3 is 2.23 bits per heavy atom. The fraction of sp³-hybridized carbons (Fsp3) is 0.404. The van der Waals surface area contributed by atoms with E-state index in [0.717, 1.165) is 74.1 Å². The molecule has 2 N–H and O–H groups in total. The molecule has 10 nitrogen and oxygen atoms in total. The largest absolute Gasteiger partial charge is 0.508 e. The molecule has 4 heterocycles. The lowest BCUT2D eigenvalue weighted by atomic mass is 9.69. The fourth-order valence-corrected chi connectivity index (χ4v) is 10.6. The van der Waals surface area contributed by atoms with Crippen molar-refractivity contribution in [2.45, 2.75) is 101 Å². The number of benzene rings is 4. The summed E-state index contributed by atoms with van der Waals surface area (Å²) >= 11 is 0. The van der Waals surface area contributed by atoms with Crippen molar-refractivity contribution in [3.05, 3.63) is 129 Å². The normalized spacial score (nSPS) is 26.0. The summed E-state index contributed by atoms with van der Waals surface area (Å²) in [6.07, 6.45) is 6.47. The highest BCUT2D eigenvalue weighted by atomic mass is 16.5. The number of likely N-dealkylation sites (tertiary alicyclic amines) is 1. The maximum atomic E-state index is 13.7. The second-order valence-corrected chi connectivity index (χ2v) is 17.1. The molecule has 10 rings (SSSR count). The maximum absolute atomic E-state index is 13.7. The number of amides is 4. The molecule has 4 amide bonds. The average molecular weight is 765 g/mol. The van der Waals surface area contributed by atoms with E-state index in [-0.39, 0.29) is 42.1 Å². The molecule has 0 bridgehead atoms. The van der Waals surface area contributed by atoms with Gasteiger partial charge in [-0.15, -0.1) is 0 Å². The number of phenolic OH excluding ortho intramolecular Hbond substituents is 1. The Morgan fingerprint density at radius 2 is 1.47 bits per heavy atom. The Bertz CT molecular complexity index is 2240. The highest BCUT2D eigenvalue weighted by Crippen LogP contribution is 2.47. The monoisotopic (exact) mass is 764 g/mol. The maximum Gasteiger partial charge on any atom is 0.255 e. The van der Waals surface area contributed by atoms with Crippen LogP contribution in [0.25, 0.3) is 0 Å². The topological polar surface area (TPSA) is 119 Å². The van der Waals surface area contributed by atoms with E-state index in [1.807, 2.05) is 29.2 Å². The van der Waals surface area contributed by atoms with Crippen LogP contribution in [0.5, 0.6) is 11.5 Å². The molecule has 292 valence electrons. The molecule has 2 saturated heterocycles. The molecule has 4 aromatic rings. The molecule has 1 unspecified atom stereocenters. The molecule has 3 fully saturated rings. The van der Waals surface area contributed by atoms with Crippen LogP contribution in [0, 0.1) is 5.92 Å². The van der Waals surface area contributed by atoms with Gasteiger partial charge in [-0.25, -0.2) is 0 Å². The zero-order chi connectivity index (χ0) is 38.8. The van der Waals surface area contributed by atoms with Crippen molar-refractivity contribution in [2.75, 3.05) is 13.1 Å². The summed E-state index contributed by atoms with van der Waals surface area (Å²) in [7, 11) is 0. The summed E-state index contributed by atoms with van der Waals surface area (Å²) in [5.41, 5.74) is 8.70. The van der Waals surface area contributed by atoms with Crippen LogP contribution < -0.4 is 10.1 Å². The first-order valence-electron chi connectivity index (χ1n) is 20.7. The van der Waals surface area contributed by atoms with Gasteiger partial charge in [-0.3, -0.25) is 29.4 Å². The lowest BCUT2D eigenvalue weighted by Gasteiger charge is -2.46. The van der Waals surface area contributed by atoms with Crippen LogP contribution in [0.3, 0.4) is 0 Å². The zero-order valence-electron chi connectivity index (χ0n) is 32.1. The van der Waals surface area contributed by atoms with Crippen LogP contribution in [-0.2, 0) is 40.4 Å². The predicted molar refractivity (Wildman–Crippen MR) is 212 cm³/mol. The Kier molecular flexibility index (Phi) is 9.12. The number of hydrogen-bond acceptors (Lipinski definition) is 7. The predicted octanol–water partition coefficient (Wildman–Crippen LogP) is 6.18. The molecule has 10 heteroatoms. The summed E-state index contributed by atoms with van der Waals surface area (Å²) in [6.45, 7) is 3.19. The molecule has 0 spiro atoms. The number of aromatic hydroxyl groups is 1. The van der Waals surface area contributed by atoms with E-state index in [1.54, 1.807) is 4.90 Å². The van der Waals surface area contributed by atoms with Crippen LogP contribution in [-0.4, -0.2) is 74.7 Å². The van der Waals surface area contributed by atoms with Crippen LogP contribution in [0.4, 0.5) is 0 Å². The van der Waals surface area contributed by atoms with Gasteiger partial charge in [0.1, 0.15) is 23.6 Å². The van der Waals surface area contributed by atoms with Crippen molar-refractivity contribution in [1.29, 1.82) is 0 Å². The van der Waals surface area contributed by atoms with Gasteiger partial charge in [-0.2, -0.15) is 0 Å². The van der Waals surface area contributed by atoms with Gasteiger partial charge in [0, 0.05) is 62.6 Å². The van der Waals surface area contributed by atoms with Gasteiger partial charge in [0.15, 0.2) is 0 Å². The van der Waals surface area contributed by atoms with Crippen LogP contribution in [0.15, 0.2) is 84.9 Å². The minimum Gasteiger partial charge on any atom is -0.508 e. The molecule has 4 aliphatic heterocycles. The number of aryl methyl sites for hydroxylation is 1. The number of fused-ring (bicyclic) bond motifs is 3. The number of carbonyl (C=O) groups excluding carboxylic acids is 4. The molecular weight excluding hydrogens is 717 g/mol. The summed E-state index contributed by atoms with van der Waals surface area (Å²) in [5.74, 6) is 1.14. The average Bonchev–Trinajstić information content (AvgIpc) is 3.77. The molecule has 3 atom stereocenters. The fourth-order valence-electron chi connectivity index (χ4n) is 10.6. The number of phenols is 1. The lowest BCUT2D eigenvalue weighted by Crippen LogP contribution is -2.58. The van der Waals surface area contributed by atoms with E-state index >= 15 is 0 Å². The number of piperidine rings is 1. The molecule has 2 aliphatic carbocycles. The molecular formula is C47H48N4O6. The van der Waals surface area contributed by atoms with Crippen molar-refractivity contribution in [1.82, 2.24) is 20.0 Å². The van der Waals surface area contributed by atoms with Crippen molar-refractivity contribution >= 4 is 23.6 Å². The first kappa shape index (κ1) is 35.9. The van der Waals surface area contributed by atoms with Gasteiger partial charge in [0.2, 0.25) is 17.7 Å². The summed E-state index contributed by atoms with van der Waals surface area (Å²) in [6, 6.07) is 29.1. The molecule has 0 radical (unpaired) electrons. The van der Waals surface area contributed by atoms with E-state index in [1.165, 1.54) is 22.3 Å². The number of carbonyl (C=O) groups is 4. The Labute approximate surface area is 332 Å². The van der Waals surface area contributed by atoms with Gasteiger partial charge in [-0.05, 0) is 120 Å². The second kappa shape index (κ2) is 14.5. The van der Waals surface area contributed by atoms with E-state index in [2.05, 4.69) is 70.9 Å². The van der Waals surface area contributed by atoms with E-state index in [0.29, 0.717) is 49.3 Å². The van der Waals surface area contributed by atoms with Crippen molar-refractivity contribution in [2.24, 2.45) is 5.92 Å². The number of rotatable bonds is 7. The number of imide groups is 1. The standard InChI is InChI=1S/C47H48N4O6/c52-36-13-17-40-31(21-36)10-16-39(28-4-2-1-3-5-28)44(40)29-8-14-37(15-9-29)57-38-26-49(27-38)35-11-6-30(7-12-35)46(55)50-23-32-20-34-25-51(42-18-19-43(53)48-45(42)54)47(56)41(34)22-33(32)24-50/h1-5,8-9,13-15,17,20-22,30,35,38-39,42,44,52H,6-7,10-12,16,18-19,23-27H2,(H,48,53,54)/t30?,35?,39-,42?,44+/m1/s1. The first-order chi connectivity index (χ1) is 27.8. The van der Waals surface area contributed by atoms with Crippen LogP contribution >= 0.6 is 0 Å². The third-order valence-corrected chi connectivity index (χ3v) is 13.7. The second-order valence-electron chi connectivity index (χ2n) is 17.1. The molecule has 1 saturated carbocycles.